The molecule has 6 rings (SSSR count). The van der Waals surface area contributed by atoms with Crippen molar-refractivity contribution in [3.05, 3.63) is 155 Å². The second kappa shape index (κ2) is 14.9. The van der Waals surface area contributed by atoms with E-state index >= 15 is 0 Å². The van der Waals surface area contributed by atoms with E-state index in [1.165, 1.54) is 66.4 Å². The Balaban J connectivity index is 0.000000192. The van der Waals surface area contributed by atoms with Gasteiger partial charge in [-0.1, -0.05) is 35.4 Å². The molecule has 0 fully saturated rings. The Morgan fingerprint density at radius 2 is 1.29 bits per heavy atom. The predicted molar refractivity (Wildman–Crippen MR) is 136 cm³/mol. The van der Waals surface area contributed by atoms with Crippen LogP contribution < -0.4 is 24.8 Å². The molecule has 174 valence electrons. The number of benzene rings is 4. The number of fused-ring (bicyclic) bond motifs is 3. The second-order valence-electron chi connectivity index (χ2n) is 8.00. The summed E-state index contributed by atoms with van der Waals surface area (Å²) in [5.41, 5.74) is 9.51. The van der Waals surface area contributed by atoms with Gasteiger partial charge in [0.2, 0.25) is 0 Å². The first-order chi connectivity index (χ1) is 16.2. The molecule has 0 spiro atoms. The fourth-order valence-electron chi connectivity index (χ4n) is 3.87. The Morgan fingerprint density at radius 3 is 1.83 bits per heavy atom. The first-order valence-corrected chi connectivity index (χ1v) is 12.5. The molecule has 0 heterocycles. The summed E-state index contributed by atoms with van der Waals surface area (Å²) >= 11 is 1.46. The summed E-state index contributed by atoms with van der Waals surface area (Å²) in [6.07, 6.45) is 9.29. The Kier molecular flexibility index (Phi) is 12.4. The molecule has 2 aliphatic carbocycles. The average molecular weight is 573 g/mol. The Morgan fingerprint density at radius 1 is 0.714 bits per heavy atom. The SMILES string of the molecule is CC1=CC[C-]=C1.[Cl-].[Cl-].[Zr+2]=[C](c1ccccc1)c1ccccc1.[c-]1cccc2c1Cc1ccccc1-2. The van der Waals surface area contributed by atoms with Crippen LogP contribution in [0, 0.1) is 12.1 Å². The molecule has 0 radical (unpaired) electrons. The maximum absolute atomic E-state index is 3.30. The maximum Gasteiger partial charge on any atom is -0.0253 e. The predicted octanol–water partition coefficient (Wildman–Crippen LogP) is 1.56. The quantitative estimate of drug-likeness (QED) is 0.282. The van der Waals surface area contributed by atoms with Crippen molar-refractivity contribution in [2.45, 2.75) is 19.8 Å². The van der Waals surface area contributed by atoms with E-state index in [1.54, 1.807) is 0 Å². The summed E-state index contributed by atoms with van der Waals surface area (Å²) in [5.74, 6) is 0. The van der Waals surface area contributed by atoms with Gasteiger partial charge in [0.05, 0.1) is 0 Å². The smallest absolute Gasteiger partial charge is 0.0253 e. The minimum atomic E-state index is 0. The van der Waals surface area contributed by atoms with Crippen LogP contribution in [-0.4, -0.2) is 3.21 Å². The molecule has 0 bridgehead atoms. The molecule has 0 amide bonds. The number of allylic oxidation sites excluding steroid dienone is 4. The molecule has 35 heavy (non-hydrogen) atoms. The third-order valence-corrected chi connectivity index (χ3v) is 7.03. The van der Waals surface area contributed by atoms with Crippen LogP contribution in [0.3, 0.4) is 0 Å². The van der Waals surface area contributed by atoms with Crippen LogP contribution in [0.1, 0.15) is 35.6 Å². The fourth-order valence-corrected chi connectivity index (χ4v) is 4.69. The molecule has 0 aliphatic heterocycles. The molecule has 4 aromatic rings. The van der Waals surface area contributed by atoms with E-state index in [0.29, 0.717) is 0 Å². The van der Waals surface area contributed by atoms with Crippen LogP contribution in [-0.2, 0) is 30.7 Å². The van der Waals surface area contributed by atoms with E-state index < -0.39 is 0 Å². The zero-order chi connectivity index (χ0) is 22.9. The Hall–Kier alpha value is -2.31. The molecular weight excluding hydrogens is 546 g/mol. The van der Waals surface area contributed by atoms with Crippen molar-refractivity contribution >= 4 is 3.21 Å². The molecule has 0 saturated carbocycles. The number of hydrogen-bond donors (Lipinski definition) is 0. The van der Waals surface area contributed by atoms with Crippen molar-refractivity contribution in [1.82, 2.24) is 0 Å². The summed E-state index contributed by atoms with van der Waals surface area (Å²) in [6, 6.07) is 39.2. The van der Waals surface area contributed by atoms with E-state index in [9.17, 15) is 0 Å². The second-order valence-corrected chi connectivity index (χ2v) is 9.23. The van der Waals surface area contributed by atoms with Crippen molar-refractivity contribution in [2.75, 3.05) is 0 Å². The average Bonchev–Trinajstić information content (AvgIpc) is 3.52. The molecule has 0 aromatic heterocycles. The maximum atomic E-state index is 3.30. The van der Waals surface area contributed by atoms with E-state index in [-0.39, 0.29) is 24.8 Å². The molecule has 3 heteroatoms. The Labute approximate surface area is 237 Å². The summed E-state index contributed by atoms with van der Waals surface area (Å²) < 4.78 is 1.42. The first kappa shape index (κ1) is 28.9. The molecule has 0 nitrogen and oxygen atoms in total. The van der Waals surface area contributed by atoms with Gasteiger partial charge in [0, 0.05) is 0 Å². The molecule has 4 aromatic carbocycles. The third-order valence-electron chi connectivity index (χ3n) is 5.61. The molecule has 2 aliphatic rings. The van der Waals surface area contributed by atoms with Gasteiger partial charge < -0.3 is 24.8 Å². The standard InChI is InChI=1S/C13H9.C13H10.C6H7.2ClH.Zr/c1-3-7-12-10(5-1)9-11-6-2-4-8-13(11)12;1-3-7-12(8-4-1)11-13-9-5-2-6-10-13;1-6-4-2-3-5-6;;;/h1-5,7-8H,9H2;1-10H;4-5H,2H2,1H3;2*1H;/q-1;;-1;;;+2/p-2. The summed E-state index contributed by atoms with van der Waals surface area (Å²) in [6.45, 7) is 2.08. The molecule has 0 N–H and O–H groups in total. The molecule has 0 unspecified atom stereocenters. The molecule has 0 atom stereocenters. The number of rotatable bonds is 2. The number of hydrogen-bond acceptors (Lipinski definition) is 0. The molecule has 0 saturated heterocycles. The number of halogens is 2. The van der Waals surface area contributed by atoms with Crippen LogP contribution >= 0.6 is 0 Å². The first-order valence-electron chi connectivity index (χ1n) is 11.2. The van der Waals surface area contributed by atoms with Gasteiger partial charge in [-0.05, 0) is 6.42 Å². The zero-order valence-corrected chi connectivity index (χ0v) is 23.6. The van der Waals surface area contributed by atoms with Gasteiger partial charge in [-0.3, -0.25) is 6.08 Å². The summed E-state index contributed by atoms with van der Waals surface area (Å²) in [7, 11) is 0. The van der Waals surface area contributed by atoms with Crippen LogP contribution in [0.2, 0.25) is 0 Å². The van der Waals surface area contributed by atoms with E-state index in [2.05, 4.69) is 122 Å². The minimum absolute atomic E-state index is 0. The Bertz CT molecular complexity index is 1190. The van der Waals surface area contributed by atoms with Gasteiger partial charge >= 0.3 is 99.2 Å². The van der Waals surface area contributed by atoms with Crippen molar-refractivity contribution in [3.63, 3.8) is 0 Å². The largest absolute Gasteiger partial charge is 0.179 e. The van der Waals surface area contributed by atoms with Crippen molar-refractivity contribution in [3.8, 4) is 11.1 Å². The molecular formula is C32H26Cl2Zr-2. The van der Waals surface area contributed by atoms with E-state index in [0.717, 1.165) is 12.8 Å². The van der Waals surface area contributed by atoms with Crippen LogP contribution in [0.15, 0.2) is 121 Å². The minimum Gasteiger partial charge on any atom is -0.179 e. The topological polar surface area (TPSA) is 0 Å². The van der Waals surface area contributed by atoms with E-state index in [4.69, 9.17) is 0 Å². The zero-order valence-electron chi connectivity index (χ0n) is 19.6. The van der Waals surface area contributed by atoms with Gasteiger partial charge in [0.25, 0.3) is 0 Å². The van der Waals surface area contributed by atoms with Crippen LogP contribution in [0.5, 0.6) is 0 Å². The van der Waals surface area contributed by atoms with Gasteiger partial charge in [-0.25, -0.2) is 11.6 Å². The van der Waals surface area contributed by atoms with Crippen molar-refractivity contribution < 1.29 is 49.0 Å². The van der Waals surface area contributed by atoms with Crippen molar-refractivity contribution in [1.29, 1.82) is 0 Å². The summed E-state index contributed by atoms with van der Waals surface area (Å²) in [4.78, 5) is 0. The van der Waals surface area contributed by atoms with Gasteiger partial charge in [0.15, 0.2) is 0 Å². The van der Waals surface area contributed by atoms with E-state index in [1.807, 2.05) is 12.1 Å². The van der Waals surface area contributed by atoms with Crippen LogP contribution in [0.4, 0.5) is 0 Å². The van der Waals surface area contributed by atoms with Crippen molar-refractivity contribution in [2.24, 2.45) is 0 Å². The van der Waals surface area contributed by atoms with Gasteiger partial charge in [-0.2, -0.15) is 35.9 Å². The normalized spacial score (nSPS) is 11.7. The monoisotopic (exact) mass is 570 g/mol. The summed E-state index contributed by atoms with van der Waals surface area (Å²) in [5, 5.41) is 0. The van der Waals surface area contributed by atoms with Crippen LogP contribution in [0.25, 0.3) is 11.1 Å². The third kappa shape index (κ3) is 8.11. The fraction of sp³-hybridized carbons (Fsp3) is 0.0938. The van der Waals surface area contributed by atoms with Gasteiger partial charge in [-0.15, -0.1) is 18.9 Å². The van der Waals surface area contributed by atoms with Gasteiger partial charge in [0.1, 0.15) is 0 Å².